The molecule has 0 unspecified atom stereocenters. The number of benzene rings is 3. The molecule has 1 saturated heterocycles. The quantitative estimate of drug-likeness (QED) is 0.262. The average molecular weight is 658 g/mol. The van der Waals surface area contributed by atoms with Gasteiger partial charge in [0.15, 0.2) is 0 Å². The molecular weight excluding hydrogens is 634 g/mol. The number of hydrogen-bond acceptors (Lipinski definition) is 7. The van der Waals surface area contributed by atoms with E-state index in [1.807, 2.05) is 43.3 Å². The zero-order valence-corrected chi connectivity index (χ0v) is 25.9. The summed E-state index contributed by atoms with van der Waals surface area (Å²) < 4.78 is 15.0. The van der Waals surface area contributed by atoms with Gasteiger partial charge >= 0.3 is 4.87 Å². The van der Waals surface area contributed by atoms with Gasteiger partial charge in [0.25, 0.3) is 0 Å². The zero-order chi connectivity index (χ0) is 30.6. The number of fused-ring (bicyclic) bond motifs is 2. The van der Waals surface area contributed by atoms with Gasteiger partial charge in [-0.3, -0.25) is 23.7 Å². The van der Waals surface area contributed by atoms with E-state index in [2.05, 4.69) is 5.32 Å². The van der Waals surface area contributed by atoms with E-state index in [4.69, 9.17) is 23.2 Å². The van der Waals surface area contributed by atoms with Crippen molar-refractivity contribution in [1.82, 2.24) is 4.57 Å². The van der Waals surface area contributed by atoms with Gasteiger partial charge in [-0.1, -0.05) is 58.4 Å². The van der Waals surface area contributed by atoms with Crippen molar-refractivity contribution in [2.24, 2.45) is 5.92 Å². The molecule has 0 radical (unpaired) electrons. The van der Waals surface area contributed by atoms with Crippen LogP contribution in [-0.4, -0.2) is 41.6 Å². The molecule has 0 saturated carbocycles. The van der Waals surface area contributed by atoms with E-state index < -0.39 is 40.6 Å². The van der Waals surface area contributed by atoms with Crippen molar-refractivity contribution in [2.45, 2.75) is 22.7 Å². The van der Waals surface area contributed by atoms with Crippen LogP contribution < -0.4 is 20.0 Å². The molecule has 0 aliphatic carbocycles. The number of rotatable bonds is 6. The van der Waals surface area contributed by atoms with Gasteiger partial charge in [-0.2, -0.15) is 0 Å². The van der Waals surface area contributed by atoms with E-state index in [1.54, 1.807) is 12.1 Å². The third-order valence-electron chi connectivity index (χ3n) is 7.41. The lowest BCUT2D eigenvalue weighted by molar-refractivity contribution is -0.122. The first-order valence-electron chi connectivity index (χ1n) is 13.1. The molecule has 3 amide bonds. The SMILES string of the molecule is CN(C)c1ccc([C@@H]2c3sc(=O)n(CC(=O)Nc4ccc(Cl)c(Cl)c4)c3S[C@H]3C(=O)N(c4ccc(F)cc4)C(=O)[C@@H]23)cc1. The summed E-state index contributed by atoms with van der Waals surface area (Å²) in [5, 5.41) is 2.93. The first-order valence-corrected chi connectivity index (χ1v) is 15.5. The highest BCUT2D eigenvalue weighted by Gasteiger charge is 2.56. The summed E-state index contributed by atoms with van der Waals surface area (Å²) >= 11 is 14.1. The fraction of sp³-hybridized carbons (Fsp3) is 0.200. The van der Waals surface area contributed by atoms with Crippen LogP contribution >= 0.6 is 46.3 Å². The van der Waals surface area contributed by atoms with Gasteiger partial charge in [0, 0.05) is 36.3 Å². The van der Waals surface area contributed by atoms with Crippen molar-refractivity contribution in [3.63, 3.8) is 0 Å². The maximum atomic E-state index is 14.0. The van der Waals surface area contributed by atoms with Gasteiger partial charge in [-0.25, -0.2) is 9.29 Å². The molecule has 0 bridgehead atoms. The second-order valence-electron chi connectivity index (χ2n) is 10.3. The third kappa shape index (κ3) is 5.35. The van der Waals surface area contributed by atoms with Crippen molar-refractivity contribution in [1.29, 1.82) is 0 Å². The normalized spacial score (nSPS) is 19.3. The van der Waals surface area contributed by atoms with E-state index in [0.717, 1.165) is 39.2 Å². The van der Waals surface area contributed by atoms with Crippen LogP contribution in [0.1, 0.15) is 16.4 Å². The van der Waals surface area contributed by atoms with E-state index in [-0.39, 0.29) is 22.1 Å². The van der Waals surface area contributed by atoms with Crippen molar-refractivity contribution in [3.8, 4) is 0 Å². The molecule has 3 atom stereocenters. The summed E-state index contributed by atoms with van der Waals surface area (Å²) in [6.45, 7) is -0.314. The first-order chi connectivity index (χ1) is 20.5. The third-order valence-corrected chi connectivity index (χ3v) is 10.8. The minimum atomic E-state index is -0.859. The first kappa shape index (κ1) is 29.4. The van der Waals surface area contributed by atoms with E-state index >= 15 is 0 Å². The summed E-state index contributed by atoms with van der Waals surface area (Å²) in [7, 11) is 3.82. The number of halogens is 3. The van der Waals surface area contributed by atoms with Crippen LogP contribution in [0.15, 0.2) is 76.6 Å². The van der Waals surface area contributed by atoms with Crippen molar-refractivity contribution in [3.05, 3.63) is 103 Å². The molecule has 4 aromatic rings. The Bertz CT molecular complexity index is 1830. The molecule has 2 aliphatic rings. The molecule has 8 nitrogen and oxygen atoms in total. The van der Waals surface area contributed by atoms with Gasteiger partial charge < -0.3 is 10.2 Å². The molecule has 3 heterocycles. The van der Waals surface area contributed by atoms with Crippen LogP contribution in [0.4, 0.5) is 21.5 Å². The van der Waals surface area contributed by atoms with Crippen LogP contribution in [0.2, 0.25) is 10.0 Å². The van der Waals surface area contributed by atoms with E-state index in [0.29, 0.717) is 20.6 Å². The molecule has 6 rings (SSSR count). The Hall–Kier alpha value is -3.64. The molecule has 13 heteroatoms. The number of nitrogens with one attached hydrogen (secondary N) is 1. The summed E-state index contributed by atoms with van der Waals surface area (Å²) in [6, 6.07) is 17.4. The van der Waals surface area contributed by atoms with Crippen molar-refractivity contribution in [2.75, 3.05) is 29.2 Å². The predicted molar refractivity (Wildman–Crippen MR) is 168 cm³/mol. The predicted octanol–water partition coefficient (Wildman–Crippen LogP) is 5.86. The Labute approximate surface area is 264 Å². The summed E-state index contributed by atoms with van der Waals surface area (Å²) in [4.78, 5) is 57.4. The summed E-state index contributed by atoms with van der Waals surface area (Å²) in [6.07, 6.45) is 0. The molecule has 1 fully saturated rings. The fourth-order valence-electron chi connectivity index (χ4n) is 5.36. The largest absolute Gasteiger partial charge is 0.378 e. The smallest absolute Gasteiger partial charge is 0.308 e. The lowest BCUT2D eigenvalue weighted by Gasteiger charge is -2.31. The minimum Gasteiger partial charge on any atom is -0.378 e. The standard InChI is InChI=1S/C30H23Cl2FN4O4S2/c1-35(2)18-8-3-15(4-9-18)23-24-25(28(40)37(27(24)39)19-10-5-16(33)6-11-19)42-29-26(23)43-30(41)36(29)14-22(38)34-17-7-12-20(31)21(32)13-17/h3-13,23-25H,14H2,1-2H3,(H,34,38)/t23-,24-,25+/m0/s1. The molecular formula is C30H23Cl2FN4O4S2. The highest BCUT2D eigenvalue weighted by atomic mass is 35.5. The maximum absolute atomic E-state index is 14.0. The molecule has 0 spiro atoms. The second-order valence-corrected chi connectivity index (χ2v) is 13.3. The second kappa shape index (κ2) is 11.5. The number of hydrogen-bond donors (Lipinski definition) is 1. The fourth-order valence-corrected chi connectivity index (χ4v) is 8.43. The number of imide groups is 1. The number of carbonyl (C=O) groups is 3. The zero-order valence-electron chi connectivity index (χ0n) is 22.7. The number of thiazole rings is 1. The summed E-state index contributed by atoms with van der Waals surface area (Å²) in [5.74, 6) is -3.27. The van der Waals surface area contributed by atoms with Gasteiger partial charge in [0.1, 0.15) is 17.6 Å². The number of anilines is 3. The Morgan fingerprint density at radius 3 is 2.30 bits per heavy atom. The highest BCUT2D eigenvalue weighted by molar-refractivity contribution is 8.00. The summed E-state index contributed by atoms with van der Waals surface area (Å²) in [5.41, 5.74) is 2.39. The lowest BCUT2D eigenvalue weighted by atomic mass is 9.83. The monoisotopic (exact) mass is 656 g/mol. The highest BCUT2D eigenvalue weighted by Crippen LogP contribution is 2.54. The molecule has 2 aliphatic heterocycles. The molecule has 1 N–H and O–H groups in total. The van der Waals surface area contributed by atoms with Gasteiger partial charge in [0.2, 0.25) is 17.7 Å². The van der Waals surface area contributed by atoms with E-state index in [1.165, 1.54) is 34.9 Å². The van der Waals surface area contributed by atoms with Crippen LogP contribution in [0.5, 0.6) is 0 Å². The minimum absolute atomic E-state index is 0.268. The average Bonchev–Trinajstić information content (AvgIpc) is 3.41. The topological polar surface area (TPSA) is 91.7 Å². The van der Waals surface area contributed by atoms with Crippen LogP contribution in [0.25, 0.3) is 0 Å². The molecule has 43 heavy (non-hydrogen) atoms. The number of nitrogens with zero attached hydrogens (tertiary/aromatic N) is 3. The maximum Gasteiger partial charge on any atom is 0.308 e. The number of carbonyl (C=O) groups excluding carboxylic acids is 3. The van der Waals surface area contributed by atoms with Gasteiger partial charge in [-0.05, 0) is 60.2 Å². The Kier molecular flexibility index (Phi) is 7.84. The number of amides is 3. The molecule has 3 aromatic carbocycles. The van der Waals surface area contributed by atoms with Crippen LogP contribution in [-0.2, 0) is 20.9 Å². The van der Waals surface area contributed by atoms with E-state index in [9.17, 15) is 23.6 Å². The Balaban J connectivity index is 1.40. The Morgan fingerprint density at radius 2 is 1.65 bits per heavy atom. The lowest BCUT2D eigenvalue weighted by Crippen LogP contribution is -2.33. The van der Waals surface area contributed by atoms with Gasteiger partial charge in [0.05, 0.1) is 26.7 Å². The van der Waals surface area contributed by atoms with Crippen LogP contribution in [0.3, 0.4) is 0 Å². The number of thioether (sulfide) groups is 1. The van der Waals surface area contributed by atoms with Gasteiger partial charge in [-0.15, -0.1) is 0 Å². The number of aromatic nitrogens is 1. The van der Waals surface area contributed by atoms with Crippen LogP contribution in [0, 0.1) is 11.7 Å². The van der Waals surface area contributed by atoms with Crippen molar-refractivity contribution >= 4 is 81.1 Å². The molecule has 220 valence electrons. The van der Waals surface area contributed by atoms with Crippen molar-refractivity contribution < 1.29 is 18.8 Å². The molecule has 1 aromatic heterocycles. The Morgan fingerprint density at radius 1 is 0.953 bits per heavy atom.